The van der Waals surface area contributed by atoms with Crippen LogP contribution in [-0.4, -0.2) is 52.7 Å². The van der Waals surface area contributed by atoms with Crippen molar-refractivity contribution < 1.29 is 57.2 Å². The molecule has 0 bridgehead atoms. The summed E-state index contributed by atoms with van der Waals surface area (Å²) in [5.74, 6) is 0. The molecule has 1 unspecified atom stereocenters. The summed E-state index contributed by atoms with van der Waals surface area (Å²) < 4.78 is 38.0. The normalized spacial score (nSPS) is 24.6. The monoisotopic (exact) mass is 303 g/mol. The first kappa shape index (κ1) is 19.1. The van der Waals surface area contributed by atoms with E-state index in [1.165, 1.54) is 0 Å². The van der Waals surface area contributed by atoms with E-state index in [9.17, 15) is 22.9 Å². The number of carbonyl (C=O) groups excluding carboxylic acids is 1. The molecule has 7 nitrogen and oxygen atoms in total. The van der Waals surface area contributed by atoms with Gasteiger partial charge >= 0.3 is 35.7 Å². The average Bonchev–Trinajstić information content (AvgIpc) is 2.13. The van der Waals surface area contributed by atoms with Gasteiger partial charge in [0.15, 0.2) is 4.93 Å². The number of hydrogen-bond donors (Lipinski definition) is 1. The smallest absolute Gasteiger partial charge is 0.746 e. The van der Waals surface area contributed by atoms with Gasteiger partial charge in [0.1, 0.15) is 15.7 Å². The van der Waals surface area contributed by atoms with Gasteiger partial charge in [0, 0.05) is 6.54 Å². The summed E-state index contributed by atoms with van der Waals surface area (Å²) in [6.07, 6.45) is -0.667. The molecule has 1 rings (SSSR count). The van der Waals surface area contributed by atoms with Crippen LogP contribution in [0.3, 0.4) is 0 Å². The molecule has 1 atom stereocenters. The van der Waals surface area contributed by atoms with E-state index in [1.54, 1.807) is 20.8 Å². The van der Waals surface area contributed by atoms with E-state index in [4.69, 9.17) is 4.74 Å². The summed E-state index contributed by atoms with van der Waals surface area (Å²) in [7, 11) is -4.88. The third-order valence-corrected chi connectivity index (χ3v) is 3.81. The molecule has 0 aromatic rings. The van der Waals surface area contributed by atoms with Crippen LogP contribution in [0.5, 0.6) is 0 Å². The van der Waals surface area contributed by atoms with Crippen molar-refractivity contribution in [2.45, 2.75) is 44.1 Å². The van der Waals surface area contributed by atoms with E-state index in [2.05, 4.69) is 0 Å². The number of carbonyl (C=O) groups is 1. The van der Waals surface area contributed by atoms with E-state index in [0.717, 1.165) is 4.90 Å². The molecule has 1 amide bonds. The van der Waals surface area contributed by atoms with Crippen molar-refractivity contribution in [2.24, 2.45) is 0 Å². The zero-order valence-corrected chi connectivity index (χ0v) is 14.5. The van der Waals surface area contributed by atoms with Crippen molar-refractivity contribution in [1.82, 2.24) is 4.90 Å². The van der Waals surface area contributed by atoms with E-state index < -0.39 is 33.3 Å². The van der Waals surface area contributed by atoms with Crippen LogP contribution >= 0.6 is 0 Å². The molecule has 1 aliphatic heterocycles. The minimum atomic E-state index is -4.88. The molecule has 1 saturated heterocycles. The molecule has 19 heavy (non-hydrogen) atoms. The van der Waals surface area contributed by atoms with E-state index in [-0.39, 0.29) is 48.9 Å². The van der Waals surface area contributed by atoms with Crippen molar-refractivity contribution in [3.63, 3.8) is 0 Å². The standard InChI is InChI=1S/C10H19NO6S.Na/c1-9(2,3)17-8(12)11-6-4-5-10(13,7-11)18(14,15)16;/h13H,4-7H2,1-3H3,(H,14,15,16);/q;+1/p-1. The van der Waals surface area contributed by atoms with Gasteiger partial charge in [0.25, 0.3) is 0 Å². The topological polar surface area (TPSA) is 107 Å². The predicted octanol–water partition coefficient (Wildman–Crippen LogP) is -2.74. The Labute approximate surface area is 135 Å². The van der Waals surface area contributed by atoms with Crippen LogP contribution in [0.1, 0.15) is 33.6 Å². The van der Waals surface area contributed by atoms with Crippen molar-refractivity contribution in [2.75, 3.05) is 13.1 Å². The van der Waals surface area contributed by atoms with Crippen LogP contribution in [-0.2, 0) is 14.9 Å². The number of ether oxygens (including phenoxy) is 1. The largest absolute Gasteiger partial charge is 1.00 e. The predicted molar refractivity (Wildman–Crippen MR) is 61.7 cm³/mol. The van der Waals surface area contributed by atoms with Crippen molar-refractivity contribution in [3.8, 4) is 0 Å². The van der Waals surface area contributed by atoms with Crippen LogP contribution in [0.15, 0.2) is 0 Å². The Morgan fingerprint density at radius 3 is 2.37 bits per heavy atom. The fourth-order valence-corrected chi connectivity index (χ4v) is 2.40. The first-order chi connectivity index (χ1) is 7.95. The van der Waals surface area contributed by atoms with Crippen LogP contribution in [0.25, 0.3) is 0 Å². The fourth-order valence-electron chi connectivity index (χ4n) is 1.69. The van der Waals surface area contributed by atoms with E-state index >= 15 is 0 Å². The second-order valence-electron chi connectivity index (χ2n) is 5.41. The van der Waals surface area contributed by atoms with Gasteiger partial charge in [0.2, 0.25) is 0 Å². The quantitative estimate of drug-likeness (QED) is 0.416. The molecule has 0 aliphatic carbocycles. The Morgan fingerprint density at radius 2 is 1.95 bits per heavy atom. The zero-order chi connectivity index (χ0) is 14.2. The Hall–Kier alpha value is 0.140. The van der Waals surface area contributed by atoms with Gasteiger partial charge in [-0.1, -0.05) is 0 Å². The molecule has 1 aliphatic rings. The Morgan fingerprint density at radius 1 is 1.42 bits per heavy atom. The molecule has 0 aromatic carbocycles. The van der Waals surface area contributed by atoms with Gasteiger partial charge in [0.05, 0.1) is 6.54 Å². The minimum Gasteiger partial charge on any atom is -0.746 e. The number of likely N-dealkylation sites (tertiary alicyclic amines) is 1. The molecule has 0 aromatic heterocycles. The maximum atomic E-state index is 11.7. The summed E-state index contributed by atoms with van der Waals surface area (Å²) in [5.41, 5.74) is -0.719. The van der Waals surface area contributed by atoms with Crippen LogP contribution in [0.4, 0.5) is 4.79 Å². The van der Waals surface area contributed by atoms with Gasteiger partial charge in [-0.3, -0.25) is 0 Å². The summed E-state index contributed by atoms with van der Waals surface area (Å²) in [4.78, 5) is 10.4. The Bertz CT molecular complexity index is 432. The SMILES string of the molecule is CC(C)(C)OC(=O)N1CCCC(O)(S(=O)(=O)[O-])C1.[Na+]. The maximum Gasteiger partial charge on any atom is 1.00 e. The molecule has 9 heteroatoms. The molecule has 1 fully saturated rings. The number of β-amino-alcohol motifs (C(OH)–C–C–N with tert-alkyl or cyclic N) is 1. The number of aliphatic hydroxyl groups is 1. The summed E-state index contributed by atoms with van der Waals surface area (Å²) >= 11 is 0. The number of hydrogen-bond acceptors (Lipinski definition) is 6. The maximum absolute atomic E-state index is 11.7. The Balaban J connectivity index is 0.00000324. The van der Waals surface area contributed by atoms with E-state index in [0.29, 0.717) is 0 Å². The van der Waals surface area contributed by atoms with Crippen LogP contribution < -0.4 is 29.6 Å². The molecule has 0 radical (unpaired) electrons. The second-order valence-corrected chi connectivity index (χ2v) is 7.07. The third-order valence-electron chi connectivity index (χ3n) is 2.55. The number of piperidine rings is 1. The van der Waals surface area contributed by atoms with Gasteiger partial charge in [-0.25, -0.2) is 13.2 Å². The van der Waals surface area contributed by atoms with Crippen molar-refractivity contribution in [1.29, 1.82) is 0 Å². The third kappa shape index (κ3) is 5.20. The number of amides is 1. The molecule has 0 saturated carbocycles. The summed E-state index contributed by atoms with van der Waals surface area (Å²) in [5, 5.41) is 9.78. The molecule has 1 heterocycles. The van der Waals surface area contributed by atoms with Crippen molar-refractivity contribution >= 4 is 16.2 Å². The molecular weight excluding hydrogens is 285 g/mol. The first-order valence-electron chi connectivity index (χ1n) is 5.60. The molecule has 1 N–H and O–H groups in total. The average molecular weight is 303 g/mol. The van der Waals surface area contributed by atoms with Gasteiger partial charge < -0.3 is 19.3 Å². The summed E-state index contributed by atoms with van der Waals surface area (Å²) in [6, 6.07) is 0. The Kier molecular flexibility index (Phi) is 6.32. The zero-order valence-electron chi connectivity index (χ0n) is 11.7. The van der Waals surface area contributed by atoms with Gasteiger partial charge in [-0.2, -0.15) is 0 Å². The first-order valence-corrected chi connectivity index (χ1v) is 7.01. The number of nitrogens with zero attached hydrogens (tertiary/aromatic N) is 1. The molecular formula is C10H18NNaO6S. The van der Waals surface area contributed by atoms with Gasteiger partial charge in [-0.05, 0) is 33.6 Å². The minimum absolute atomic E-state index is 0. The molecule has 0 spiro atoms. The molecule has 106 valence electrons. The summed E-state index contributed by atoms with van der Waals surface area (Å²) in [6.45, 7) is 4.72. The second kappa shape index (κ2) is 6.28. The van der Waals surface area contributed by atoms with Gasteiger partial charge in [-0.15, -0.1) is 0 Å². The van der Waals surface area contributed by atoms with Crippen molar-refractivity contribution in [3.05, 3.63) is 0 Å². The van der Waals surface area contributed by atoms with E-state index in [1.807, 2.05) is 0 Å². The van der Waals surface area contributed by atoms with Crippen LogP contribution in [0.2, 0.25) is 0 Å². The fraction of sp³-hybridized carbons (Fsp3) is 0.900. The van der Waals surface area contributed by atoms with Crippen LogP contribution in [0, 0.1) is 0 Å². The number of rotatable bonds is 1.